The number of nitrogens with zero attached hydrogens (tertiary/aromatic N) is 2. The van der Waals surface area contributed by atoms with Crippen molar-refractivity contribution in [3.63, 3.8) is 0 Å². The molecule has 0 aliphatic carbocycles. The molecule has 1 heterocycles. The molecule has 25 heavy (non-hydrogen) atoms. The highest BCUT2D eigenvalue weighted by atomic mass is 35.5. The first-order valence-corrected chi connectivity index (χ1v) is 10.3. The third-order valence-electron chi connectivity index (χ3n) is 4.06. The molecule has 1 atom stereocenters. The number of thiocarbonyl (C=S) groups is 1. The predicted octanol–water partition coefficient (Wildman–Crippen LogP) is 2.44. The summed E-state index contributed by atoms with van der Waals surface area (Å²) in [6.45, 7) is 2.82. The first kappa shape index (κ1) is 22.4. The zero-order chi connectivity index (χ0) is 17.7. The molecule has 2 rings (SSSR count). The maximum atomic E-state index is 12.9. The normalized spacial score (nSPS) is 17.9. The van der Waals surface area contributed by atoms with E-state index in [1.165, 1.54) is 6.07 Å². The third kappa shape index (κ3) is 6.25. The summed E-state index contributed by atoms with van der Waals surface area (Å²) in [7, 11) is 0.592. The summed E-state index contributed by atoms with van der Waals surface area (Å²) in [5.41, 5.74) is 0. The van der Waals surface area contributed by atoms with Crippen LogP contribution in [0.4, 0.5) is 0 Å². The second-order valence-corrected chi connectivity index (χ2v) is 9.30. The van der Waals surface area contributed by atoms with Gasteiger partial charge in [0, 0.05) is 31.2 Å². The van der Waals surface area contributed by atoms with Gasteiger partial charge in [0.05, 0.1) is 10.1 Å². The van der Waals surface area contributed by atoms with E-state index >= 15 is 0 Å². The van der Waals surface area contributed by atoms with Crippen LogP contribution in [0.2, 0.25) is 5.02 Å². The Balaban J connectivity index is 0.00000312. The van der Waals surface area contributed by atoms with Crippen LogP contribution >= 0.6 is 36.2 Å². The van der Waals surface area contributed by atoms with Gasteiger partial charge in [-0.15, -0.1) is 12.4 Å². The molecule has 1 aromatic rings. The van der Waals surface area contributed by atoms with Gasteiger partial charge in [-0.25, -0.2) is 8.42 Å². The predicted molar refractivity (Wildman–Crippen MR) is 110 cm³/mol. The minimum absolute atomic E-state index is 0. The van der Waals surface area contributed by atoms with Gasteiger partial charge >= 0.3 is 0 Å². The lowest BCUT2D eigenvalue weighted by Gasteiger charge is -2.34. The number of rotatable bonds is 5. The van der Waals surface area contributed by atoms with Gasteiger partial charge < -0.3 is 15.1 Å². The minimum Gasteiger partial charge on any atom is -0.361 e. The number of likely N-dealkylation sites (tertiary alicyclic amines) is 1. The van der Waals surface area contributed by atoms with Gasteiger partial charge in [-0.1, -0.05) is 17.7 Å². The van der Waals surface area contributed by atoms with Crippen LogP contribution < -0.4 is 5.32 Å². The molecule has 142 valence electrons. The lowest BCUT2D eigenvalue weighted by Crippen LogP contribution is -2.49. The van der Waals surface area contributed by atoms with E-state index in [0.29, 0.717) is 23.1 Å². The maximum Gasteiger partial charge on any atom is 0.183 e. The monoisotopic (exact) mass is 425 g/mol. The fourth-order valence-electron chi connectivity index (χ4n) is 2.71. The Hall–Kier alpha value is -0.600. The quantitative estimate of drug-likeness (QED) is 0.730. The topological polar surface area (TPSA) is 52.6 Å². The zero-order valence-corrected chi connectivity index (χ0v) is 17.6. The summed E-state index contributed by atoms with van der Waals surface area (Å²) < 4.78 is 25.7. The molecule has 0 amide bonds. The first-order chi connectivity index (χ1) is 11.3. The smallest absolute Gasteiger partial charge is 0.183 e. The SMILES string of the molecule is CN(C)CCNC(=S)N1CCCC(S(=O)(=O)c2cccc(Cl)c2)C1.Cl. The van der Waals surface area contributed by atoms with Crippen molar-refractivity contribution in [2.45, 2.75) is 23.0 Å². The number of benzene rings is 1. The molecule has 5 nitrogen and oxygen atoms in total. The molecule has 1 aromatic carbocycles. The van der Waals surface area contributed by atoms with Crippen molar-refractivity contribution in [1.82, 2.24) is 15.1 Å². The number of sulfone groups is 1. The van der Waals surface area contributed by atoms with Crippen LogP contribution in [0.3, 0.4) is 0 Å². The molecule has 1 aliphatic rings. The Morgan fingerprint density at radius 3 is 2.80 bits per heavy atom. The van der Waals surface area contributed by atoms with E-state index in [4.69, 9.17) is 23.8 Å². The van der Waals surface area contributed by atoms with Crippen LogP contribution in [0.15, 0.2) is 29.2 Å². The molecule has 1 saturated heterocycles. The van der Waals surface area contributed by atoms with Crippen molar-refractivity contribution in [2.75, 3.05) is 40.3 Å². The van der Waals surface area contributed by atoms with Gasteiger partial charge in [-0.05, 0) is 57.4 Å². The Bertz CT molecular complexity index is 684. The molecule has 0 saturated carbocycles. The van der Waals surface area contributed by atoms with E-state index < -0.39 is 15.1 Å². The van der Waals surface area contributed by atoms with Gasteiger partial charge in [0.2, 0.25) is 0 Å². The Morgan fingerprint density at radius 2 is 2.16 bits per heavy atom. The van der Waals surface area contributed by atoms with E-state index in [-0.39, 0.29) is 17.3 Å². The number of hydrogen-bond acceptors (Lipinski definition) is 4. The average molecular weight is 426 g/mol. The molecular weight excluding hydrogens is 401 g/mol. The van der Waals surface area contributed by atoms with Gasteiger partial charge in [-0.3, -0.25) is 0 Å². The molecule has 9 heteroatoms. The number of nitrogens with one attached hydrogen (secondary N) is 1. The van der Waals surface area contributed by atoms with E-state index in [0.717, 1.165) is 26.1 Å². The average Bonchev–Trinajstić information content (AvgIpc) is 2.54. The van der Waals surface area contributed by atoms with E-state index in [9.17, 15) is 8.42 Å². The largest absolute Gasteiger partial charge is 0.361 e. The summed E-state index contributed by atoms with van der Waals surface area (Å²) in [6.07, 6.45) is 1.45. The van der Waals surface area contributed by atoms with Crippen molar-refractivity contribution in [3.05, 3.63) is 29.3 Å². The van der Waals surface area contributed by atoms with Gasteiger partial charge in [0.1, 0.15) is 0 Å². The fourth-order valence-corrected chi connectivity index (χ4v) is 5.03. The summed E-state index contributed by atoms with van der Waals surface area (Å²) in [5, 5.41) is 3.81. The summed E-state index contributed by atoms with van der Waals surface area (Å²) in [4.78, 5) is 4.31. The molecule has 0 aromatic heterocycles. The first-order valence-electron chi connectivity index (χ1n) is 7.97. The Morgan fingerprint density at radius 1 is 1.44 bits per heavy atom. The molecule has 0 bridgehead atoms. The van der Waals surface area contributed by atoms with Crippen LogP contribution in [0.1, 0.15) is 12.8 Å². The lowest BCUT2D eigenvalue weighted by atomic mass is 10.1. The maximum absolute atomic E-state index is 12.9. The van der Waals surface area contributed by atoms with Crippen molar-refractivity contribution in [2.24, 2.45) is 0 Å². The van der Waals surface area contributed by atoms with Gasteiger partial charge in [0.15, 0.2) is 14.9 Å². The Labute approximate surface area is 167 Å². The second kappa shape index (κ2) is 9.92. The van der Waals surface area contributed by atoms with Crippen LogP contribution in [0.5, 0.6) is 0 Å². The van der Waals surface area contributed by atoms with Crippen molar-refractivity contribution < 1.29 is 8.42 Å². The van der Waals surface area contributed by atoms with Crippen molar-refractivity contribution in [3.8, 4) is 0 Å². The molecule has 0 radical (unpaired) electrons. The molecule has 1 aliphatic heterocycles. The number of halogens is 2. The number of likely N-dealkylation sites (N-methyl/N-ethyl adjacent to an activating group) is 1. The van der Waals surface area contributed by atoms with Crippen LogP contribution in [0, 0.1) is 0 Å². The third-order valence-corrected chi connectivity index (χ3v) is 6.88. The minimum atomic E-state index is -3.41. The van der Waals surface area contributed by atoms with E-state index in [2.05, 4.69) is 10.2 Å². The van der Waals surface area contributed by atoms with Gasteiger partial charge in [0.25, 0.3) is 0 Å². The Kier molecular flexibility index (Phi) is 8.91. The van der Waals surface area contributed by atoms with Crippen molar-refractivity contribution >= 4 is 51.2 Å². The molecule has 1 N–H and O–H groups in total. The zero-order valence-electron chi connectivity index (χ0n) is 14.4. The van der Waals surface area contributed by atoms with Crippen LogP contribution in [0.25, 0.3) is 0 Å². The summed E-state index contributed by atoms with van der Waals surface area (Å²) in [6, 6.07) is 6.47. The molecular formula is C16H25Cl2N3O2S2. The highest BCUT2D eigenvalue weighted by Crippen LogP contribution is 2.25. The fraction of sp³-hybridized carbons (Fsp3) is 0.562. The lowest BCUT2D eigenvalue weighted by molar-refractivity contribution is 0.334. The molecule has 0 spiro atoms. The summed E-state index contributed by atoms with van der Waals surface area (Å²) >= 11 is 11.4. The van der Waals surface area contributed by atoms with E-state index in [1.807, 2.05) is 19.0 Å². The highest BCUT2D eigenvalue weighted by Gasteiger charge is 2.32. The number of piperidine rings is 1. The number of hydrogen-bond donors (Lipinski definition) is 1. The van der Waals surface area contributed by atoms with Crippen molar-refractivity contribution in [1.29, 1.82) is 0 Å². The molecule has 1 unspecified atom stereocenters. The highest BCUT2D eigenvalue weighted by molar-refractivity contribution is 7.92. The molecule has 1 fully saturated rings. The summed E-state index contributed by atoms with van der Waals surface area (Å²) in [5.74, 6) is 0. The van der Waals surface area contributed by atoms with Crippen LogP contribution in [-0.4, -0.2) is 68.9 Å². The van der Waals surface area contributed by atoms with Crippen LogP contribution in [-0.2, 0) is 9.84 Å². The van der Waals surface area contributed by atoms with Gasteiger partial charge in [-0.2, -0.15) is 0 Å². The van der Waals surface area contributed by atoms with E-state index in [1.54, 1.807) is 18.2 Å². The standard InChI is InChI=1S/C16H24ClN3O2S2.ClH/c1-19(2)10-8-18-16(23)20-9-4-7-15(12-20)24(21,22)14-6-3-5-13(17)11-14;/h3,5-6,11,15H,4,7-10,12H2,1-2H3,(H,18,23);1H. The second-order valence-electron chi connectivity index (χ2n) is 6.25.